The van der Waals surface area contributed by atoms with Gasteiger partial charge in [0.25, 0.3) is 6.47 Å². The van der Waals surface area contributed by atoms with E-state index in [0.29, 0.717) is 11.4 Å². The molecule has 14 rings (SSSR count). The number of carbonyl (C=O) groups is 9. The molecule has 7 heterocycles. The first-order valence-corrected chi connectivity index (χ1v) is 44.4. The zero-order valence-electron chi connectivity index (χ0n) is 72.7. The van der Waals surface area contributed by atoms with Crippen molar-refractivity contribution < 1.29 is 148 Å². The van der Waals surface area contributed by atoms with E-state index in [4.69, 9.17) is 73.7 Å². The molecule has 716 valence electrons. The first-order valence-electron chi connectivity index (χ1n) is 43.2. The number of benzene rings is 7. The predicted molar refractivity (Wildman–Crippen MR) is 474 cm³/mol. The van der Waals surface area contributed by atoms with Gasteiger partial charge in [-0.1, -0.05) is 110 Å². The number of ketones is 3. The van der Waals surface area contributed by atoms with Gasteiger partial charge >= 0.3 is 0 Å². The number of rotatable bonds is 30. The highest BCUT2D eigenvalue weighted by atomic mass is 35.5. The van der Waals surface area contributed by atoms with Gasteiger partial charge in [-0.15, -0.1) is 0 Å². The lowest BCUT2D eigenvalue weighted by Crippen LogP contribution is -2.65. The number of aliphatic hydroxyl groups excluding tert-OH is 11. The van der Waals surface area contributed by atoms with Crippen LogP contribution in [0.5, 0.6) is 46.0 Å². The fourth-order valence-electron chi connectivity index (χ4n) is 16.9. The molecule has 40 heteroatoms. The van der Waals surface area contributed by atoms with Crippen molar-refractivity contribution in [2.24, 2.45) is 23.5 Å². The van der Waals surface area contributed by atoms with Crippen molar-refractivity contribution in [1.29, 1.82) is 0 Å². The van der Waals surface area contributed by atoms with Crippen LogP contribution in [0, 0.1) is 17.8 Å². The van der Waals surface area contributed by atoms with Gasteiger partial charge in [0.05, 0.1) is 52.9 Å². The van der Waals surface area contributed by atoms with Gasteiger partial charge in [-0.2, -0.15) is 0 Å². The van der Waals surface area contributed by atoms with E-state index >= 15 is 24.0 Å². The summed E-state index contributed by atoms with van der Waals surface area (Å²) >= 11 is 20.6. The summed E-state index contributed by atoms with van der Waals surface area (Å²) in [5.74, 6) is -18.7. The number of phenols is 3. The molecule has 2 fully saturated rings. The summed E-state index contributed by atoms with van der Waals surface area (Å²) in [6.07, 6.45) is -31.1. The predicted octanol–water partition coefficient (Wildman–Crippen LogP) is 4.98. The lowest BCUT2D eigenvalue weighted by Gasteiger charge is -2.48. The van der Waals surface area contributed by atoms with Crippen molar-refractivity contribution in [2.75, 3.05) is 19.8 Å². The second-order valence-electron chi connectivity index (χ2n) is 34.4. The Bertz CT molecular complexity index is 5410. The fourth-order valence-corrected chi connectivity index (χ4v) is 17.5. The zero-order chi connectivity index (χ0) is 96.5. The maximum Gasteiger partial charge on any atom is 0.295 e. The van der Waals surface area contributed by atoms with Gasteiger partial charge in [-0.3, -0.25) is 43.2 Å². The summed E-state index contributed by atoms with van der Waals surface area (Å²) in [6.45, 7) is 6.34. The van der Waals surface area contributed by atoms with Gasteiger partial charge in [0.15, 0.2) is 41.2 Å². The average Bonchev–Trinajstić information content (AvgIpc) is 0.760. The van der Waals surface area contributed by atoms with Crippen LogP contribution < -0.4 is 51.8 Å². The third kappa shape index (κ3) is 23.5. The van der Waals surface area contributed by atoms with Crippen molar-refractivity contribution in [3.05, 3.63) is 175 Å². The number of aromatic hydroxyl groups is 3. The topological polar surface area (TPSA) is 600 Å². The third-order valence-electron chi connectivity index (χ3n) is 24.5. The molecular formula is C93H108Cl3N7O30. The Hall–Kier alpha value is -10.6. The first kappa shape index (κ1) is 101. The molecule has 5 amide bonds. The number of hydrogen-bond donors (Lipinski definition) is 21. The molecule has 37 nitrogen and oxygen atoms in total. The van der Waals surface area contributed by atoms with Gasteiger partial charge in [0.2, 0.25) is 47.8 Å². The van der Waals surface area contributed by atoms with E-state index in [9.17, 15) is 90.7 Å². The number of nitrogens with two attached hydrogens (primary N) is 1. The van der Waals surface area contributed by atoms with Crippen LogP contribution in [-0.4, -0.2) is 236 Å². The molecule has 0 aliphatic carbocycles. The molecule has 7 aromatic carbocycles. The molecule has 7 aromatic rings. The van der Waals surface area contributed by atoms with Crippen LogP contribution >= 0.6 is 34.8 Å². The van der Waals surface area contributed by atoms with E-state index in [0.717, 1.165) is 65.2 Å². The van der Waals surface area contributed by atoms with Crippen LogP contribution in [0.2, 0.25) is 15.1 Å². The smallest absolute Gasteiger partial charge is 0.295 e. The van der Waals surface area contributed by atoms with Crippen molar-refractivity contribution >= 4 is 88.2 Å². The largest absolute Gasteiger partial charge is 0.507 e. The Balaban J connectivity index is 1.01. The maximum absolute atomic E-state index is 16.6. The molecular weight excluding hydrogens is 1800 g/mol. The van der Waals surface area contributed by atoms with Crippen molar-refractivity contribution in [1.82, 2.24) is 31.9 Å². The van der Waals surface area contributed by atoms with Gasteiger partial charge in [0.1, 0.15) is 102 Å². The average molecular weight is 1910 g/mol. The third-order valence-corrected chi connectivity index (χ3v) is 25.3. The van der Waals surface area contributed by atoms with E-state index in [-0.39, 0.29) is 90.6 Å². The normalized spacial score (nSPS) is 26.2. The van der Waals surface area contributed by atoms with E-state index in [1.165, 1.54) is 24.3 Å². The molecule has 7 aliphatic heterocycles. The quantitative estimate of drug-likeness (QED) is 0.0208. The lowest BCUT2D eigenvalue weighted by atomic mass is 9.84. The minimum Gasteiger partial charge on any atom is -0.507 e. The molecule has 133 heavy (non-hydrogen) atoms. The van der Waals surface area contributed by atoms with Gasteiger partial charge in [-0.25, -0.2) is 0 Å². The molecule has 22 atom stereocenters. The highest BCUT2D eigenvalue weighted by Gasteiger charge is 2.53. The number of phenolic OH excluding ortho intramolecular Hbond substituents is 3. The minimum atomic E-state index is -2.28. The van der Waals surface area contributed by atoms with Crippen LogP contribution in [0.4, 0.5) is 0 Å². The maximum atomic E-state index is 16.6. The Labute approximate surface area is 777 Å². The number of fused-ring (bicyclic) bond motifs is 15. The van der Waals surface area contributed by atoms with Gasteiger partial charge in [-0.05, 0) is 158 Å². The Morgan fingerprint density at radius 1 is 0.692 bits per heavy atom. The summed E-state index contributed by atoms with van der Waals surface area (Å²) in [5, 5.41) is 175. The molecule has 0 radical (unpaired) electrons. The van der Waals surface area contributed by atoms with E-state index < -0.39 is 287 Å². The van der Waals surface area contributed by atoms with Crippen LogP contribution in [0.1, 0.15) is 162 Å². The van der Waals surface area contributed by atoms with Gasteiger partial charge in [0, 0.05) is 78.4 Å². The number of primary amides is 1. The Morgan fingerprint density at radius 2 is 1.33 bits per heavy atom. The highest BCUT2D eigenvalue weighted by Crippen LogP contribution is 2.52. The second-order valence-corrected chi connectivity index (χ2v) is 35.7. The zero-order valence-corrected chi connectivity index (χ0v) is 75.0. The molecule has 3 unspecified atom stereocenters. The second kappa shape index (κ2) is 44.3. The molecule has 2 saturated heterocycles. The molecule has 22 N–H and O–H groups in total. The van der Waals surface area contributed by atoms with Crippen molar-refractivity contribution in [3.63, 3.8) is 0 Å². The highest BCUT2D eigenvalue weighted by molar-refractivity contribution is 6.32. The molecule has 0 saturated carbocycles. The van der Waals surface area contributed by atoms with Crippen molar-refractivity contribution in [3.8, 4) is 68.2 Å². The van der Waals surface area contributed by atoms with Crippen molar-refractivity contribution in [2.45, 2.75) is 227 Å². The summed E-state index contributed by atoms with van der Waals surface area (Å²) < 4.78 is 45.3. The van der Waals surface area contributed by atoms with Crippen LogP contribution in [0.25, 0.3) is 22.3 Å². The van der Waals surface area contributed by atoms with E-state index in [2.05, 4.69) is 31.9 Å². The van der Waals surface area contributed by atoms with E-state index in [1.54, 1.807) is 32.9 Å². The number of hydrogen-bond acceptors (Lipinski definition) is 32. The minimum absolute atomic E-state index is 0.0113. The number of unbranched alkanes of at least 4 members (excludes halogenated alkanes) is 1. The number of carbonyl (C=O) groups excluding carboxylic acids is 9. The number of halogens is 3. The number of amides is 5. The van der Waals surface area contributed by atoms with E-state index in [1.807, 2.05) is 50.2 Å². The lowest BCUT2D eigenvalue weighted by molar-refractivity contribution is -0.334. The monoisotopic (exact) mass is 1910 g/mol. The van der Waals surface area contributed by atoms with Crippen LogP contribution in [-0.2, 0) is 75.2 Å². The summed E-state index contributed by atoms with van der Waals surface area (Å²) in [5.41, 5.74) is 4.37. The number of nitrogens with one attached hydrogen (secondary N) is 6. The molecule has 11 bridgehead atoms. The molecule has 0 aromatic heterocycles. The number of ether oxygens (including phenoxy) is 7. The Morgan fingerprint density at radius 3 is 1.94 bits per heavy atom. The SMILES string of the molecule is CC[C@H](CC(C)C)C(=O)N[C@H]1C(=O)C[C@@H](CC(N)=O)C(=O)N[C@H]2C(=O)C[C@@H]3C(=O)N[C@H](C(=O)N[C@H](OC=O)c4cc(O)c(CNCCCCC(=O)[C@H](O)[C@@H](O)[C@H](O)[C@H](O)CO)c(O)c4-c4cc3ccc4O)[C@H](O)c3ccc(c(Cl)c3)Oc3cc2cc(c3O[C@@H]2O[C@H](CO)C(O)C(O)[C@H]2O[C@H]2CC(C)(NCc3ccc(-c4ccc(Cl)cc4)cc3)[C@H](O)[C@H](C)O2)Oc2ccc(cc2Cl)[C@H]1O. The van der Waals surface area contributed by atoms with Crippen LogP contribution in [0.15, 0.2) is 121 Å². The standard InChI is InChI=1S/C93H108Cl3N7O30/c1-6-44(25-41(2)3)87(123)101-74-62(110)29-51(32-70(97)113)88(124)100-73-50-30-67(129-65-22-17-48(76(74)114)27-57(65)95)84(133-92-85(83(121)81(119)69(39-105)131-92)132-71-35-93(5,86(122)42(4)128-71)99-36-43-10-12-45(13-11-43)46-14-19-52(94)20-15-46)68(31-50)130-66-23-18-49(28-58(66)96)77(115)75-90(126)103-91(127-40-106)55-34-61(109)56(37-98-24-8-7-9-60(108)79(117)82(120)80(118)64(112)38-104)78(116)72(55)54-26-47(16-21-59(54)107)53(33-63(73)111)89(125)102-75/h10-23,26-28,30-31,34,40-42,44,51,53,64,69,71,73-77,79-83,85-86,91-92,98-99,104-105,107,109,112,114-122H,6-9,24-25,29,32-33,35-39H2,1-5H3,(H2,97,113)(H,100,124)(H,101,123)(H,102,125)(H,103,126)/t42-,44+,51-,53-,64+,69+,71-,73+,74-,75-,76+,77+,79-,80+,81?,82+,83?,85+,86+,91+,92-,93?/m0/s1. The fraction of sp³-hybridized carbons (Fsp3) is 0.452. The molecule has 7 aliphatic rings. The summed E-state index contributed by atoms with van der Waals surface area (Å²) in [6, 6.07) is 21.9. The van der Waals surface area contributed by atoms with Gasteiger partial charge < -0.3 is 142 Å². The summed E-state index contributed by atoms with van der Waals surface area (Å²) in [4.78, 5) is 132. The van der Waals surface area contributed by atoms with Crippen LogP contribution in [0.3, 0.4) is 0 Å². The number of aliphatic hydroxyl groups is 11. The number of Topliss-reactive ketones (excluding diaryl/α,β-unsaturated/α-hetero) is 3. The Kier molecular flexibility index (Phi) is 33.7. The molecule has 0 spiro atoms. The first-order chi connectivity index (χ1) is 63.2. The summed E-state index contributed by atoms with van der Waals surface area (Å²) in [7, 11) is 0.